The number of pyridine rings is 1. The molecular formula is C19H14F3NO3. The van der Waals surface area contributed by atoms with Crippen LogP contribution in [-0.2, 0) is 6.18 Å². The summed E-state index contributed by atoms with van der Waals surface area (Å²) in [7, 11) is 0. The highest BCUT2D eigenvalue weighted by Gasteiger charge is 2.31. The molecule has 1 N–H and O–H groups in total. The Morgan fingerprint density at radius 1 is 1.12 bits per heavy atom. The van der Waals surface area contributed by atoms with E-state index in [4.69, 9.17) is 4.74 Å². The smallest absolute Gasteiger partial charge is 0.416 e. The van der Waals surface area contributed by atoms with Gasteiger partial charge in [0.25, 0.3) is 0 Å². The van der Waals surface area contributed by atoms with Gasteiger partial charge in [-0.15, -0.1) is 0 Å². The van der Waals surface area contributed by atoms with Crippen molar-refractivity contribution in [2.75, 3.05) is 6.61 Å². The Morgan fingerprint density at radius 3 is 2.38 bits per heavy atom. The zero-order valence-corrected chi connectivity index (χ0v) is 13.7. The first-order valence-corrected chi connectivity index (χ1v) is 7.78. The number of hydrogen-bond acceptors (Lipinski definition) is 3. The second kappa shape index (κ2) is 6.67. The number of halogens is 3. The first-order chi connectivity index (χ1) is 12.3. The van der Waals surface area contributed by atoms with Crippen LogP contribution >= 0.6 is 0 Å². The molecule has 0 atom stereocenters. The van der Waals surface area contributed by atoms with Gasteiger partial charge < -0.3 is 9.84 Å². The number of aromatic carboxylic acids is 1. The highest BCUT2D eigenvalue weighted by Crippen LogP contribution is 2.33. The van der Waals surface area contributed by atoms with Gasteiger partial charge in [-0.25, -0.2) is 9.78 Å². The number of carboxylic acid groups (broad SMARTS) is 1. The Balaban J connectivity index is 2.15. The monoisotopic (exact) mass is 361 g/mol. The highest BCUT2D eigenvalue weighted by atomic mass is 19.4. The van der Waals surface area contributed by atoms with Crippen molar-refractivity contribution in [1.29, 1.82) is 0 Å². The van der Waals surface area contributed by atoms with E-state index in [1.165, 1.54) is 12.1 Å². The molecule has 0 unspecified atom stereocenters. The number of rotatable bonds is 4. The van der Waals surface area contributed by atoms with E-state index in [0.29, 0.717) is 23.6 Å². The lowest BCUT2D eigenvalue weighted by atomic mass is 10.0. The molecule has 0 fully saturated rings. The third-order valence-corrected chi connectivity index (χ3v) is 3.83. The normalized spacial score (nSPS) is 11.5. The van der Waals surface area contributed by atoms with Gasteiger partial charge in [-0.1, -0.05) is 0 Å². The van der Waals surface area contributed by atoms with Crippen LogP contribution in [0.2, 0.25) is 0 Å². The molecule has 0 bridgehead atoms. The van der Waals surface area contributed by atoms with E-state index in [0.717, 1.165) is 12.1 Å². The zero-order valence-electron chi connectivity index (χ0n) is 13.7. The number of fused-ring (bicyclic) bond motifs is 1. The molecule has 0 saturated heterocycles. The van der Waals surface area contributed by atoms with Gasteiger partial charge in [-0.2, -0.15) is 13.2 Å². The minimum atomic E-state index is -4.56. The maximum Gasteiger partial charge on any atom is 0.416 e. The highest BCUT2D eigenvalue weighted by molar-refractivity contribution is 6.04. The Kier molecular flexibility index (Phi) is 4.54. The van der Waals surface area contributed by atoms with Gasteiger partial charge in [-0.3, -0.25) is 0 Å². The summed E-state index contributed by atoms with van der Waals surface area (Å²) in [4.78, 5) is 15.9. The molecule has 0 radical (unpaired) electrons. The summed E-state index contributed by atoms with van der Waals surface area (Å²) in [5.41, 5.74) is 0.0327. The largest absolute Gasteiger partial charge is 0.494 e. The van der Waals surface area contributed by atoms with Crippen molar-refractivity contribution in [3.05, 3.63) is 59.7 Å². The van der Waals surface area contributed by atoms with Crippen LogP contribution in [0, 0.1) is 0 Å². The number of benzene rings is 2. The van der Waals surface area contributed by atoms with Crippen molar-refractivity contribution >= 4 is 16.9 Å². The van der Waals surface area contributed by atoms with E-state index in [9.17, 15) is 23.1 Å². The van der Waals surface area contributed by atoms with E-state index in [2.05, 4.69) is 4.98 Å². The Morgan fingerprint density at radius 2 is 1.81 bits per heavy atom. The van der Waals surface area contributed by atoms with E-state index in [1.54, 1.807) is 24.3 Å². The number of nitrogens with zero attached hydrogens (tertiary/aromatic N) is 1. The van der Waals surface area contributed by atoms with Crippen LogP contribution in [0.15, 0.2) is 48.5 Å². The van der Waals surface area contributed by atoms with Gasteiger partial charge in [0.2, 0.25) is 0 Å². The van der Waals surface area contributed by atoms with Gasteiger partial charge in [-0.05, 0) is 55.5 Å². The first-order valence-electron chi connectivity index (χ1n) is 7.78. The first kappa shape index (κ1) is 17.7. The molecule has 3 rings (SSSR count). The molecule has 7 heteroatoms. The third-order valence-electron chi connectivity index (χ3n) is 3.83. The molecule has 0 saturated carbocycles. The van der Waals surface area contributed by atoms with Crippen molar-refractivity contribution in [2.24, 2.45) is 0 Å². The lowest BCUT2D eigenvalue weighted by Gasteiger charge is -2.11. The lowest BCUT2D eigenvalue weighted by Crippen LogP contribution is -2.06. The molecule has 0 aliphatic carbocycles. The van der Waals surface area contributed by atoms with E-state index < -0.39 is 17.7 Å². The Hall–Kier alpha value is -3.09. The topological polar surface area (TPSA) is 59.4 Å². The number of alkyl halides is 3. The molecule has 1 heterocycles. The van der Waals surface area contributed by atoms with Crippen molar-refractivity contribution < 1.29 is 27.8 Å². The molecule has 3 aromatic rings. The average Bonchev–Trinajstić information content (AvgIpc) is 2.60. The van der Waals surface area contributed by atoms with Crippen LogP contribution in [0.5, 0.6) is 5.75 Å². The summed E-state index contributed by atoms with van der Waals surface area (Å²) in [5, 5.41) is 9.38. The fraction of sp³-hybridized carbons (Fsp3) is 0.158. The van der Waals surface area contributed by atoms with Crippen LogP contribution in [0.25, 0.3) is 22.2 Å². The molecule has 0 aliphatic rings. The molecule has 1 aromatic heterocycles. The summed E-state index contributed by atoms with van der Waals surface area (Å²) in [5.74, 6) is -0.658. The molecule has 0 amide bonds. The van der Waals surface area contributed by atoms with Crippen molar-refractivity contribution in [1.82, 2.24) is 4.98 Å². The molecule has 2 aromatic carbocycles. The Bertz CT molecular complexity index is 966. The van der Waals surface area contributed by atoms with E-state index in [-0.39, 0.29) is 16.5 Å². The average molecular weight is 361 g/mol. The second-order valence-corrected chi connectivity index (χ2v) is 5.55. The SMILES string of the molecule is CCOc1ccc(-c2cc(C(=O)O)c3cc(C(F)(F)F)ccc3n2)cc1. The van der Waals surface area contributed by atoms with Gasteiger partial charge in [0.05, 0.1) is 28.9 Å². The van der Waals surface area contributed by atoms with Gasteiger partial charge >= 0.3 is 12.1 Å². The Labute approximate surface area is 146 Å². The fourth-order valence-electron chi connectivity index (χ4n) is 2.62. The summed E-state index contributed by atoms with van der Waals surface area (Å²) >= 11 is 0. The predicted octanol–water partition coefficient (Wildman–Crippen LogP) is 5.02. The number of carbonyl (C=O) groups is 1. The molecule has 4 nitrogen and oxygen atoms in total. The second-order valence-electron chi connectivity index (χ2n) is 5.55. The number of aromatic nitrogens is 1. The quantitative estimate of drug-likeness (QED) is 0.709. The number of hydrogen-bond donors (Lipinski definition) is 1. The lowest BCUT2D eigenvalue weighted by molar-refractivity contribution is -0.137. The van der Waals surface area contributed by atoms with Crippen molar-refractivity contribution in [3.8, 4) is 17.0 Å². The maximum absolute atomic E-state index is 12.9. The van der Waals surface area contributed by atoms with Crippen molar-refractivity contribution in [3.63, 3.8) is 0 Å². The molecule has 26 heavy (non-hydrogen) atoms. The van der Waals surface area contributed by atoms with Gasteiger partial charge in [0, 0.05) is 10.9 Å². The van der Waals surface area contributed by atoms with Crippen LogP contribution in [-0.4, -0.2) is 22.7 Å². The molecule has 0 spiro atoms. The summed E-state index contributed by atoms with van der Waals surface area (Å²) in [6.07, 6.45) is -4.56. The summed E-state index contributed by atoms with van der Waals surface area (Å²) in [6.45, 7) is 2.37. The van der Waals surface area contributed by atoms with Crippen molar-refractivity contribution in [2.45, 2.75) is 13.1 Å². The minimum absolute atomic E-state index is 0.0537. The van der Waals surface area contributed by atoms with Gasteiger partial charge in [0.15, 0.2) is 0 Å². The maximum atomic E-state index is 12.9. The van der Waals surface area contributed by atoms with E-state index >= 15 is 0 Å². The number of ether oxygens (including phenoxy) is 1. The standard InChI is InChI=1S/C19H14F3NO3/c1-2-26-13-6-3-11(4-7-13)17-10-15(18(24)25)14-9-12(19(20,21)22)5-8-16(14)23-17/h3-10H,2H2,1H3,(H,24,25). The van der Waals surface area contributed by atoms with Crippen LogP contribution in [0.4, 0.5) is 13.2 Å². The number of carboxylic acids is 1. The fourth-order valence-corrected chi connectivity index (χ4v) is 2.62. The zero-order chi connectivity index (χ0) is 18.9. The molecular weight excluding hydrogens is 347 g/mol. The molecule has 0 aliphatic heterocycles. The minimum Gasteiger partial charge on any atom is -0.494 e. The molecule has 134 valence electrons. The predicted molar refractivity (Wildman–Crippen MR) is 90.3 cm³/mol. The third kappa shape index (κ3) is 3.46. The summed E-state index contributed by atoms with van der Waals surface area (Å²) < 4.78 is 44.1. The van der Waals surface area contributed by atoms with Gasteiger partial charge in [0.1, 0.15) is 5.75 Å². The van der Waals surface area contributed by atoms with Crippen LogP contribution in [0.3, 0.4) is 0 Å². The van der Waals surface area contributed by atoms with Crippen LogP contribution < -0.4 is 4.74 Å². The van der Waals surface area contributed by atoms with E-state index in [1.807, 2.05) is 6.92 Å². The summed E-state index contributed by atoms with van der Waals surface area (Å²) in [6, 6.07) is 11.0. The van der Waals surface area contributed by atoms with Crippen LogP contribution in [0.1, 0.15) is 22.8 Å².